The Hall–Kier alpha value is -2.04. The summed E-state index contributed by atoms with van der Waals surface area (Å²) >= 11 is 7.08. The van der Waals surface area contributed by atoms with Crippen LogP contribution in [-0.4, -0.2) is 43.1 Å². The van der Waals surface area contributed by atoms with Crippen molar-refractivity contribution in [3.63, 3.8) is 0 Å². The number of piperidine rings is 1. The number of benzene rings is 1. The van der Waals surface area contributed by atoms with Crippen LogP contribution in [0.3, 0.4) is 0 Å². The molecule has 2 aromatic heterocycles. The third-order valence-corrected chi connectivity index (χ3v) is 8.64. The van der Waals surface area contributed by atoms with Gasteiger partial charge in [-0.3, -0.25) is 9.69 Å². The average molecular weight is 479 g/mol. The lowest BCUT2D eigenvalue weighted by Gasteiger charge is -2.32. The Balaban J connectivity index is 1.29. The van der Waals surface area contributed by atoms with E-state index in [0.29, 0.717) is 23.0 Å². The van der Waals surface area contributed by atoms with Crippen LogP contribution in [0.2, 0.25) is 5.02 Å². The monoisotopic (exact) mass is 478 g/mol. The van der Waals surface area contributed by atoms with Crippen molar-refractivity contribution in [3.05, 3.63) is 69.5 Å². The van der Waals surface area contributed by atoms with Gasteiger partial charge in [0.05, 0.1) is 4.88 Å². The molecule has 3 aromatic rings. The molecule has 0 unspecified atom stereocenters. The molecule has 0 atom stereocenters. The zero-order valence-electron chi connectivity index (χ0n) is 16.8. The van der Waals surface area contributed by atoms with Gasteiger partial charge in [0, 0.05) is 24.2 Å². The molecule has 4 rings (SSSR count). The number of thiophene rings is 1. The first kappa shape index (κ1) is 22.2. The fourth-order valence-electron chi connectivity index (χ4n) is 3.58. The van der Waals surface area contributed by atoms with Crippen LogP contribution in [0.15, 0.2) is 57.5 Å². The van der Waals surface area contributed by atoms with Gasteiger partial charge in [-0.2, -0.15) is 5.10 Å². The van der Waals surface area contributed by atoms with Crippen LogP contribution in [0.25, 0.3) is 10.6 Å². The molecule has 0 amide bonds. The molecule has 0 radical (unpaired) electrons. The van der Waals surface area contributed by atoms with E-state index in [9.17, 15) is 13.2 Å². The Labute approximate surface area is 190 Å². The topological polar surface area (TPSA) is 95.2 Å². The van der Waals surface area contributed by atoms with Gasteiger partial charge in [0.15, 0.2) is 0 Å². The van der Waals surface area contributed by atoms with Crippen LogP contribution in [0.5, 0.6) is 0 Å². The van der Waals surface area contributed by atoms with Crippen LogP contribution in [0.4, 0.5) is 0 Å². The highest BCUT2D eigenvalue weighted by Crippen LogP contribution is 2.29. The van der Waals surface area contributed by atoms with Crippen molar-refractivity contribution in [2.45, 2.75) is 23.6 Å². The fourth-order valence-corrected chi connectivity index (χ4v) is 6.14. The third kappa shape index (κ3) is 5.81. The second-order valence-electron chi connectivity index (χ2n) is 7.62. The maximum Gasteiger partial charge on any atom is 0.264 e. The molecule has 1 fully saturated rings. The highest BCUT2D eigenvalue weighted by molar-refractivity contribution is 7.91. The van der Waals surface area contributed by atoms with Crippen LogP contribution in [-0.2, 0) is 16.6 Å². The van der Waals surface area contributed by atoms with Crippen molar-refractivity contribution >= 4 is 33.0 Å². The van der Waals surface area contributed by atoms with Crippen molar-refractivity contribution in [1.29, 1.82) is 0 Å². The van der Waals surface area contributed by atoms with Crippen molar-refractivity contribution in [3.8, 4) is 10.6 Å². The highest BCUT2D eigenvalue weighted by atomic mass is 35.5. The molecule has 1 saturated heterocycles. The first-order valence-electron chi connectivity index (χ1n) is 10.0. The molecule has 31 heavy (non-hydrogen) atoms. The van der Waals surface area contributed by atoms with E-state index < -0.39 is 10.0 Å². The first-order chi connectivity index (χ1) is 14.9. The van der Waals surface area contributed by atoms with E-state index in [1.54, 1.807) is 18.2 Å². The molecule has 164 valence electrons. The fraction of sp³-hybridized carbons (Fsp3) is 0.333. The van der Waals surface area contributed by atoms with Crippen molar-refractivity contribution in [1.82, 2.24) is 19.8 Å². The normalized spacial score (nSPS) is 15.9. The number of aromatic nitrogens is 2. The van der Waals surface area contributed by atoms with Gasteiger partial charge in [0.2, 0.25) is 10.0 Å². The summed E-state index contributed by atoms with van der Waals surface area (Å²) in [6.07, 6.45) is 1.90. The number of H-pyrrole nitrogens is 1. The zero-order valence-corrected chi connectivity index (χ0v) is 19.1. The molecular weight excluding hydrogens is 456 g/mol. The minimum atomic E-state index is -3.58. The second kappa shape index (κ2) is 9.62. The molecule has 1 aromatic carbocycles. The average Bonchev–Trinajstić information content (AvgIpc) is 3.27. The number of sulfonamides is 1. The summed E-state index contributed by atoms with van der Waals surface area (Å²) in [5, 5.41) is 7.05. The zero-order chi connectivity index (χ0) is 21.8. The number of hydrogen-bond acceptors (Lipinski definition) is 6. The number of nitrogens with zero attached hydrogens (tertiary/aromatic N) is 2. The van der Waals surface area contributed by atoms with E-state index in [1.165, 1.54) is 11.6 Å². The Morgan fingerprint density at radius 1 is 1.10 bits per heavy atom. The molecule has 0 bridgehead atoms. The van der Waals surface area contributed by atoms with E-state index in [4.69, 9.17) is 11.6 Å². The number of hydrogen-bond donors (Lipinski definition) is 2. The van der Waals surface area contributed by atoms with Crippen LogP contribution >= 0.6 is 22.9 Å². The lowest BCUT2D eigenvalue weighted by molar-refractivity contribution is 0.178. The van der Waals surface area contributed by atoms with Crippen molar-refractivity contribution < 1.29 is 8.42 Å². The Kier molecular flexibility index (Phi) is 6.88. The molecule has 0 aliphatic carbocycles. The van der Waals surface area contributed by atoms with Gasteiger partial charge in [-0.05, 0) is 67.7 Å². The van der Waals surface area contributed by atoms with Crippen molar-refractivity contribution in [2.75, 3.05) is 19.6 Å². The lowest BCUT2D eigenvalue weighted by atomic mass is 9.97. The summed E-state index contributed by atoms with van der Waals surface area (Å²) in [7, 11) is -3.58. The van der Waals surface area contributed by atoms with Crippen LogP contribution < -0.4 is 10.3 Å². The van der Waals surface area contributed by atoms with Crippen molar-refractivity contribution in [2.24, 2.45) is 5.92 Å². The predicted octanol–water partition coefficient (Wildman–Crippen LogP) is 3.34. The molecule has 3 heterocycles. The number of nitrogens with one attached hydrogen (secondary N) is 2. The number of halogens is 1. The van der Waals surface area contributed by atoms with Gasteiger partial charge in [-0.1, -0.05) is 23.7 Å². The minimum Gasteiger partial charge on any atom is -0.299 e. The maximum atomic E-state index is 12.7. The van der Waals surface area contributed by atoms with Gasteiger partial charge < -0.3 is 0 Å². The highest BCUT2D eigenvalue weighted by Gasteiger charge is 2.23. The number of rotatable bonds is 7. The van der Waals surface area contributed by atoms with Crippen LogP contribution in [0.1, 0.15) is 18.4 Å². The lowest BCUT2D eigenvalue weighted by Crippen LogP contribution is -2.38. The quantitative estimate of drug-likeness (QED) is 0.543. The molecule has 10 heteroatoms. The molecule has 2 N–H and O–H groups in total. The summed E-state index contributed by atoms with van der Waals surface area (Å²) in [6, 6.07) is 14.1. The molecule has 7 nitrogen and oxygen atoms in total. The molecule has 1 aliphatic rings. The van der Waals surface area contributed by atoms with Gasteiger partial charge in [-0.15, -0.1) is 11.3 Å². The predicted molar refractivity (Wildman–Crippen MR) is 123 cm³/mol. The number of aromatic amines is 1. The summed E-state index contributed by atoms with van der Waals surface area (Å²) in [5.74, 6) is 0.316. The summed E-state index contributed by atoms with van der Waals surface area (Å²) < 4.78 is 28.4. The Morgan fingerprint density at radius 3 is 2.52 bits per heavy atom. The SMILES string of the molecule is O=c1ccc(-c2ccc(S(=O)(=O)NCC3CCN(Cc4ccc(Cl)cc4)CC3)s2)n[nH]1. The number of likely N-dealkylation sites (tertiary alicyclic amines) is 1. The van der Waals surface area contributed by atoms with E-state index in [1.807, 2.05) is 24.3 Å². The Bertz CT molecular complexity index is 1160. The Morgan fingerprint density at radius 2 is 1.84 bits per heavy atom. The van der Waals surface area contributed by atoms with E-state index >= 15 is 0 Å². The van der Waals surface area contributed by atoms with Gasteiger partial charge in [-0.25, -0.2) is 18.2 Å². The third-order valence-electron chi connectivity index (χ3n) is 5.37. The maximum absolute atomic E-state index is 12.7. The van der Waals surface area contributed by atoms with E-state index in [0.717, 1.165) is 48.8 Å². The van der Waals surface area contributed by atoms with Crippen LogP contribution in [0, 0.1) is 5.92 Å². The molecule has 0 spiro atoms. The second-order valence-corrected chi connectivity index (χ2v) is 11.1. The summed E-state index contributed by atoms with van der Waals surface area (Å²) in [5.41, 5.74) is 1.47. The van der Waals surface area contributed by atoms with Gasteiger partial charge in [0.25, 0.3) is 5.56 Å². The molecule has 0 saturated carbocycles. The minimum absolute atomic E-state index is 0.246. The van der Waals surface area contributed by atoms with E-state index in [2.05, 4.69) is 19.8 Å². The molecule has 1 aliphatic heterocycles. The smallest absolute Gasteiger partial charge is 0.264 e. The summed E-state index contributed by atoms with van der Waals surface area (Å²) in [4.78, 5) is 14.2. The van der Waals surface area contributed by atoms with E-state index in [-0.39, 0.29) is 9.77 Å². The largest absolute Gasteiger partial charge is 0.299 e. The summed E-state index contributed by atoms with van der Waals surface area (Å²) in [6.45, 7) is 3.19. The van der Waals surface area contributed by atoms with Gasteiger partial charge in [0.1, 0.15) is 9.90 Å². The molecular formula is C21H23ClN4O3S2. The van der Waals surface area contributed by atoms with Gasteiger partial charge >= 0.3 is 0 Å². The first-order valence-corrected chi connectivity index (χ1v) is 12.7. The standard InChI is InChI=1S/C21H23ClN4O3S2/c22-17-3-1-16(2-4-17)14-26-11-9-15(10-12-26)13-23-31(28,29)21-8-6-19(30-21)18-5-7-20(27)25-24-18/h1-8,15,23H,9-14H2,(H,25,27).